The van der Waals surface area contributed by atoms with Crippen LogP contribution in [0.15, 0.2) is 12.7 Å². The number of imidazole rings is 1. The maximum absolute atomic E-state index is 11.4. The van der Waals surface area contributed by atoms with Gasteiger partial charge < -0.3 is 35.0 Å². The molecule has 1 aliphatic heterocycles. The molecule has 2 aromatic rings. The summed E-state index contributed by atoms with van der Waals surface area (Å²) in [5.74, 6) is 0.0730. The van der Waals surface area contributed by atoms with Crippen LogP contribution in [0.5, 0.6) is 0 Å². The predicted octanol–water partition coefficient (Wildman–Crippen LogP) is -2.45. The molecular formula is C16H29N6O10PS. The van der Waals surface area contributed by atoms with Crippen LogP contribution >= 0.6 is 7.82 Å². The van der Waals surface area contributed by atoms with E-state index in [-0.39, 0.29) is 17.0 Å². The SMILES string of the molecule is CC[NH+](CC)CC.Nc1ncnc2c1ncn2[C@@H]1O[C@H](COP(=O)(O)OS(=O)(=O)[O-])[C@@H](O)[C@H]1O. The number of quaternary nitrogens is 1. The molecule has 34 heavy (non-hydrogen) atoms. The monoisotopic (exact) mass is 528 g/mol. The van der Waals surface area contributed by atoms with E-state index < -0.39 is 49.4 Å². The van der Waals surface area contributed by atoms with Crippen LogP contribution in [0.25, 0.3) is 11.2 Å². The van der Waals surface area contributed by atoms with E-state index in [1.54, 1.807) is 4.90 Å². The zero-order chi connectivity index (χ0) is 25.7. The number of anilines is 1. The van der Waals surface area contributed by atoms with Crippen molar-refractivity contribution in [1.82, 2.24) is 19.5 Å². The van der Waals surface area contributed by atoms with E-state index in [0.29, 0.717) is 0 Å². The van der Waals surface area contributed by atoms with Crippen molar-refractivity contribution in [1.29, 1.82) is 0 Å². The fourth-order valence-electron chi connectivity index (χ4n) is 3.21. The van der Waals surface area contributed by atoms with Gasteiger partial charge in [0.05, 0.1) is 32.6 Å². The minimum absolute atomic E-state index is 0.0730. The Kier molecular flexibility index (Phi) is 9.84. The highest BCUT2D eigenvalue weighted by Crippen LogP contribution is 2.45. The van der Waals surface area contributed by atoms with E-state index >= 15 is 0 Å². The number of nitrogen functional groups attached to an aromatic ring is 1. The van der Waals surface area contributed by atoms with Gasteiger partial charge in [-0.15, -0.1) is 0 Å². The maximum atomic E-state index is 11.4. The number of phosphoric acid groups is 1. The molecule has 0 amide bonds. The number of aliphatic hydroxyl groups excluding tert-OH is 2. The number of hydrogen-bond acceptors (Lipinski definition) is 13. The molecule has 194 valence electrons. The standard InChI is InChI=1S/C10H14N5O10PS.C6H15N/c11-8-5-9(13-2-12-8)15(3-14-5)10-7(17)6(16)4(24-10)1-23-26(18,19)25-27(20,21)22;1-4-7(5-2)6-3/h2-4,6-7,10,16-17H,1H2,(H,18,19)(H2,11,12,13)(H,20,21,22);4-6H2,1-3H3/t4-,6-,7-,10-;/m1./s1. The fourth-order valence-corrected chi connectivity index (χ4v) is 4.64. The van der Waals surface area contributed by atoms with Gasteiger partial charge in [0, 0.05) is 0 Å². The van der Waals surface area contributed by atoms with Gasteiger partial charge >= 0.3 is 7.82 Å². The van der Waals surface area contributed by atoms with Crippen LogP contribution in [0.1, 0.15) is 27.0 Å². The number of hydrogen-bond donors (Lipinski definition) is 5. The number of fused-ring (bicyclic) bond motifs is 1. The summed E-state index contributed by atoms with van der Waals surface area (Å²) in [6.07, 6.45) is -3.36. The van der Waals surface area contributed by atoms with Gasteiger partial charge in [0.2, 0.25) is 10.4 Å². The van der Waals surface area contributed by atoms with E-state index in [1.165, 1.54) is 30.5 Å². The molecule has 16 nitrogen and oxygen atoms in total. The van der Waals surface area contributed by atoms with E-state index in [2.05, 4.69) is 44.2 Å². The Hall–Kier alpha value is -1.79. The molecule has 2 aromatic heterocycles. The van der Waals surface area contributed by atoms with Crippen molar-refractivity contribution in [3.63, 3.8) is 0 Å². The van der Waals surface area contributed by atoms with Gasteiger partial charge in [-0.05, 0) is 20.8 Å². The summed E-state index contributed by atoms with van der Waals surface area (Å²) in [6.45, 7) is 9.61. The Balaban J connectivity index is 0.000000509. The molecule has 3 heterocycles. The molecule has 3 rings (SSSR count). The highest BCUT2D eigenvalue weighted by Gasteiger charge is 2.45. The summed E-state index contributed by atoms with van der Waals surface area (Å²) in [4.78, 5) is 22.5. The number of aliphatic hydroxyl groups is 2. The maximum Gasteiger partial charge on any atom is 0.486 e. The molecule has 6 N–H and O–H groups in total. The second kappa shape index (κ2) is 11.8. The molecule has 1 fully saturated rings. The smallest absolute Gasteiger partial charge is 0.486 e. The highest BCUT2D eigenvalue weighted by atomic mass is 32.3. The number of nitrogens with one attached hydrogen (secondary N) is 1. The minimum atomic E-state index is -5.51. The molecule has 0 bridgehead atoms. The first-order valence-corrected chi connectivity index (χ1v) is 13.1. The van der Waals surface area contributed by atoms with Crippen LogP contribution in [0, 0.1) is 0 Å². The second-order valence-corrected chi connectivity index (χ2v) is 9.80. The first-order chi connectivity index (χ1) is 15.8. The molecule has 18 heteroatoms. The zero-order valence-electron chi connectivity index (χ0n) is 18.7. The Morgan fingerprint density at radius 3 is 2.35 bits per heavy atom. The Bertz CT molecular complexity index is 1090. The summed E-state index contributed by atoms with van der Waals surface area (Å²) >= 11 is 0. The predicted molar refractivity (Wildman–Crippen MR) is 115 cm³/mol. The average molecular weight is 528 g/mol. The van der Waals surface area contributed by atoms with E-state index in [1.807, 2.05) is 0 Å². The molecule has 0 spiro atoms. The van der Waals surface area contributed by atoms with Crippen molar-refractivity contribution in [3.8, 4) is 0 Å². The lowest BCUT2D eigenvalue weighted by Gasteiger charge is -2.18. The third-order valence-corrected chi connectivity index (χ3v) is 7.05. The lowest BCUT2D eigenvalue weighted by atomic mass is 10.1. The van der Waals surface area contributed by atoms with Crippen LogP contribution < -0.4 is 10.6 Å². The zero-order valence-corrected chi connectivity index (χ0v) is 20.4. The van der Waals surface area contributed by atoms with Gasteiger partial charge in [-0.1, -0.05) is 0 Å². The average Bonchev–Trinajstić information content (AvgIpc) is 3.29. The van der Waals surface area contributed by atoms with Crippen molar-refractivity contribution >= 4 is 35.2 Å². The van der Waals surface area contributed by atoms with E-state index in [0.717, 1.165) is 6.33 Å². The quantitative estimate of drug-likeness (QED) is 0.129. The molecule has 5 atom stereocenters. The molecule has 0 radical (unpaired) electrons. The third-order valence-electron chi connectivity index (χ3n) is 5.09. The first-order valence-electron chi connectivity index (χ1n) is 10.3. The van der Waals surface area contributed by atoms with Crippen LogP contribution in [0.2, 0.25) is 0 Å². The van der Waals surface area contributed by atoms with Gasteiger partial charge in [-0.3, -0.25) is 9.09 Å². The topological polar surface area (TPSA) is 237 Å². The Morgan fingerprint density at radius 2 is 1.82 bits per heavy atom. The van der Waals surface area contributed by atoms with Crippen LogP contribution in [-0.2, 0) is 28.2 Å². The van der Waals surface area contributed by atoms with Gasteiger partial charge in [0.25, 0.3) is 0 Å². The molecule has 1 saturated heterocycles. The van der Waals surface area contributed by atoms with Gasteiger partial charge in [-0.2, -0.15) is 3.97 Å². The van der Waals surface area contributed by atoms with Crippen molar-refractivity contribution in [3.05, 3.63) is 12.7 Å². The summed E-state index contributed by atoms with van der Waals surface area (Å²) < 4.78 is 56.8. The molecule has 0 aliphatic carbocycles. The minimum Gasteiger partial charge on any atom is -0.725 e. The third kappa shape index (κ3) is 7.35. The number of nitrogens with two attached hydrogens (primary N) is 1. The van der Waals surface area contributed by atoms with E-state index in [9.17, 15) is 32.6 Å². The summed E-state index contributed by atoms with van der Waals surface area (Å²) in [5.41, 5.74) is 6.06. The van der Waals surface area contributed by atoms with Crippen molar-refractivity contribution in [2.75, 3.05) is 32.0 Å². The first kappa shape index (κ1) is 28.4. The summed E-state index contributed by atoms with van der Waals surface area (Å²) in [7, 11) is -10.8. The Labute approximate surface area is 195 Å². The number of nitrogens with zero attached hydrogens (tertiary/aromatic N) is 4. The summed E-state index contributed by atoms with van der Waals surface area (Å²) in [6, 6.07) is 0. The van der Waals surface area contributed by atoms with Gasteiger partial charge in [0.15, 0.2) is 17.7 Å². The highest BCUT2D eigenvalue weighted by molar-refractivity contribution is 7.85. The van der Waals surface area contributed by atoms with Gasteiger partial charge in [0.1, 0.15) is 30.2 Å². The lowest BCUT2D eigenvalue weighted by molar-refractivity contribution is -0.894. The fraction of sp³-hybridized carbons (Fsp3) is 0.688. The largest absolute Gasteiger partial charge is 0.725 e. The van der Waals surface area contributed by atoms with Crippen molar-refractivity contribution in [2.45, 2.75) is 45.3 Å². The van der Waals surface area contributed by atoms with Crippen LogP contribution in [0.3, 0.4) is 0 Å². The number of rotatable bonds is 9. The van der Waals surface area contributed by atoms with Gasteiger partial charge in [-0.25, -0.2) is 27.9 Å². The molecular weight excluding hydrogens is 499 g/mol. The summed E-state index contributed by atoms with van der Waals surface area (Å²) in [5, 5.41) is 20.2. The van der Waals surface area contributed by atoms with Crippen LogP contribution in [-0.4, -0.2) is 92.1 Å². The molecule has 1 aliphatic rings. The molecule has 0 saturated carbocycles. The van der Waals surface area contributed by atoms with Crippen molar-refractivity contribution in [2.24, 2.45) is 0 Å². The van der Waals surface area contributed by atoms with Crippen molar-refractivity contribution < 1.29 is 50.8 Å². The number of aromatic nitrogens is 4. The Morgan fingerprint density at radius 1 is 1.21 bits per heavy atom. The van der Waals surface area contributed by atoms with Crippen LogP contribution in [0.4, 0.5) is 5.82 Å². The molecule has 1 unspecified atom stereocenters. The number of phosphoric ester groups is 1. The number of ether oxygens (including phenoxy) is 1. The molecule has 0 aromatic carbocycles. The normalized spacial score (nSPS) is 24.7. The van der Waals surface area contributed by atoms with E-state index in [4.69, 9.17) is 10.5 Å². The lowest BCUT2D eigenvalue weighted by Crippen LogP contribution is -3.11. The second-order valence-electron chi connectivity index (χ2n) is 7.19.